The number of nitrogens with one attached hydrogen (secondary N) is 2. The first kappa shape index (κ1) is 21.3. The van der Waals surface area contributed by atoms with Crippen LogP contribution in [0.15, 0.2) is 59.0 Å². The molecule has 0 aliphatic rings. The summed E-state index contributed by atoms with van der Waals surface area (Å²) < 4.78 is 5.91. The molecule has 0 bridgehead atoms. The second kappa shape index (κ2) is 8.67. The number of nitrogens with zero attached hydrogens (tertiary/aromatic N) is 1. The first-order chi connectivity index (χ1) is 14.8. The largest absolute Gasteiger partial charge is 0.436 e. The summed E-state index contributed by atoms with van der Waals surface area (Å²) in [4.78, 5) is 17.0. The SMILES string of the molecule is Cc1ccc(-c2nc3cc(NC(=S)NC(=O)c4ccc(Cl)c(Cl)c4)ccc3o2)c(C)c1. The topological polar surface area (TPSA) is 67.2 Å². The van der Waals surface area contributed by atoms with Crippen LogP contribution in [0.4, 0.5) is 5.69 Å². The van der Waals surface area contributed by atoms with E-state index in [9.17, 15) is 4.79 Å². The highest BCUT2D eigenvalue weighted by Gasteiger charge is 2.13. The van der Waals surface area contributed by atoms with Crippen LogP contribution >= 0.6 is 35.4 Å². The summed E-state index contributed by atoms with van der Waals surface area (Å²) in [6, 6.07) is 16.1. The number of oxazole rings is 1. The summed E-state index contributed by atoms with van der Waals surface area (Å²) >= 11 is 17.1. The number of anilines is 1. The minimum absolute atomic E-state index is 0.147. The number of rotatable bonds is 3. The van der Waals surface area contributed by atoms with Crippen molar-refractivity contribution in [3.8, 4) is 11.5 Å². The molecule has 1 heterocycles. The smallest absolute Gasteiger partial charge is 0.257 e. The number of aromatic nitrogens is 1. The summed E-state index contributed by atoms with van der Waals surface area (Å²) in [6.45, 7) is 4.07. The lowest BCUT2D eigenvalue weighted by Crippen LogP contribution is -2.34. The average molecular weight is 470 g/mol. The Labute approximate surface area is 194 Å². The Balaban J connectivity index is 1.50. The molecule has 0 aliphatic carbocycles. The van der Waals surface area contributed by atoms with E-state index < -0.39 is 5.91 Å². The van der Waals surface area contributed by atoms with Gasteiger partial charge in [0.05, 0.1) is 10.0 Å². The zero-order chi connectivity index (χ0) is 22.1. The Morgan fingerprint density at radius 3 is 2.55 bits per heavy atom. The van der Waals surface area contributed by atoms with Crippen LogP contribution in [0, 0.1) is 13.8 Å². The highest BCUT2D eigenvalue weighted by molar-refractivity contribution is 7.80. The monoisotopic (exact) mass is 469 g/mol. The maximum Gasteiger partial charge on any atom is 0.257 e. The normalized spacial score (nSPS) is 10.8. The molecule has 0 radical (unpaired) electrons. The van der Waals surface area contributed by atoms with Crippen molar-refractivity contribution >= 4 is 63.2 Å². The van der Waals surface area contributed by atoms with E-state index in [1.54, 1.807) is 24.3 Å². The van der Waals surface area contributed by atoms with E-state index in [1.807, 2.05) is 32.0 Å². The van der Waals surface area contributed by atoms with Crippen molar-refractivity contribution in [3.63, 3.8) is 0 Å². The molecule has 1 aromatic heterocycles. The van der Waals surface area contributed by atoms with Gasteiger partial charge in [-0.05, 0) is 74.1 Å². The van der Waals surface area contributed by atoms with Gasteiger partial charge in [-0.15, -0.1) is 0 Å². The van der Waals surface area contributed by atoms with Crippen molar-refractivity contribution in [2.24, 2.45) is 0 Å². The fraction of sp³-hybridized carbons (Fsp3) is 0.0870. The van der Waals surface area contributed by atoms with Crippen LogP contribution in [0.5, 0.6) is 0 Å². The molecule has 156 valence electrons. The first-order valence-electron chi connectivity index (χ1n) is 9.36. The molecule has 0 saturated heterocycles. The molecule has 4 rings (SSSR count). The molecular formula is C23H17Cl2N3O2S. The lowest BCUT2D eigenvalue weighted by Gasteiger charge is -2.10. The standard InChI is InChI=1S/C23H17Cl2N3O2S/c1-12-3-6-16(13(2)9-12)22-27-19-11-15(5-8-20(19)30-22)26-23(31)28-21(29)14-4-7-17(24)18(25)10-14/h3-11H,1-2H3,(H2,26,28,29,31). The Morgan fingerprint density at radius 1 is 1.00 bits per heavy atom. The molecule has 31 heavy (non-hydrogen) atoms. The van der Waals surface area contributed by atoms with Crippen molar-refractivity contribution in [1.29, 1.82) is 0 Å². The number of carbonyl (C=O) groups excluding carboxylic acids is 1. The summed E-state index contributed by atoms with van der Waals surface area (Å²) in [6.07, 6.45) is 0. The molecule has 0 fully saturated rings. The number of aryl methyl sites for hydroxylation is 2. The van der Waals surface area contributed by atoms with E-state index in [0.29, 0.717) is 38.3 Å². The Hall–Kier alpha value is -2.93. The maximum atomic E-state index is 12.4. The van der Waals surface area contributed by atoms with Gasteiger partial charge in [0.15, 0.2) is 10.7 Å². The van der Waals surface area contributed by atoms with Gasteiger partial charge in [-0.3, -0.25) is 10.1 Å². The molecule has 4 aromatic rings. The van der Waals surface area contributed by atoms with Crippen LogP contribution in [-0.4, -0.2) is 16.0 Å². The van der Waals surface area contributed by atoms with E-state index in [1.165, 1.54) is 11.6 Å². The Bertz CT molecular complexity index is 1330. The molecular weight excluding hydrogens is 453 g/mol. The average Bonchev–Trinajstić information content (AvgIpc) is 3.12. The van der Waals surface area contributed by atoms with Crippen LogP contribution in [0.2, 0.25) is 10.0 Å². The van der Waals surface area contributed by atoms with Crippen LogP contribution in [0.25, 0.3) is 22.6 Å². The number of carbonyl (C=O) groups is 1. The quantitative estimate of drug-likeness (QED) is 0.333. The fourth-order valence-electron chi connectivity index (χ4n) is 3.15. The summed E-state index contributed by atoms with van der Waals surface area (Å²) in [7, 11) is 0. The number of benzene rings is 3. The molecule has 1 amide bonds. The number of thiocarbonyl (C=S) groups is 1. The number of fused-ring (bicyclic) bond motifs is 1. The predicted octanol–water partition coefficient (Wildman–Crippen LogP) is 6.55. The van der Waals surface area contributed by atoms with Crippen LogP contribution in [-0.2, 0) is 0 Å². The van der Waals surface area contributed by atoms with Gasteiger partial charge >= 0.3 is 0 Å². The Kier molecular flexibility index (Phi) is 5.96. The zero-order valence-electron chi connectivity index (χ0n) is 16.6. The number of hydrogen-bond donors (Lipinski definition) is 2. The third-order valence-corrected chi connectivity index (χ3v) is 5.61. The Morgan fingerprint density at radius 2 is 1.81 bits per heavy atom. The summed E-state index contributed by atoms with van der Waals surface area (Å²) in [5.74, 6) is 0.163. The zero-order valence-corrected chi connectivity index (χ0v) is 19.0. The number of amides is 1. The molecule has 0 unspecified atom stereocenters. The highest BCUT2D eigenvalue weighted by atomic mass is 35.5. The molecule has 0 aliphatic heterocycles. The highest BCUT2D eigenvalue weighted by Crippen LogP contribution is 2.29. The summed E-state index contributed by atoms with van der Waals surface area (Å²) in [5.41, 5.74) is 5.58. The van der Waals surface area contributed by atoms with Crippen LogP contribution in [0.1, 0.15) is 21.5 Å². The molecule has 5 nitrogen and oxygen atoms in total. The van der Waals surface area contributed by atoms with E-state index in [-0.39, 0.29) is 5.11 Å². The fourth-order valence-corrected chi connectivity index (χ4v) is 3.66. The lowest BCUT2D eigenvalue weighted by molar-refractivity contribution is 0.0977. The molecule has 0 saturated carbocycles. The number of halogens is 2. The van der Waals surface area contributed by atoms with Gasteiger partial charge in [-0.2, -0.15) is 0 Å². The maximum absolute atomic E-state index is 12.4. The van der Waals surface area contributed by atoms with Gasteiger partial charge in [-0.1, -0.05) is 40.9 Å². The van der Waals surface area contributed by atoms with Crippen molar-refractivity contribution < 1.29 is 9.21 Å². The lowest BCUT2D eigenvalue weighted by atomic mass is 10.1. The van der Waals surface area contributed by atoms with E-state index in [0.717, 1.165) is 11.1 Å². The van der Waals surface area contributed by atoms with Gasteiger partial charge in [-0.25, -0.2) is 4.98 Å². The van der Waals surface area contributed by atoms with Crippen LogP contribution < -0.4 is 10.6 Å². The second-order valence-corrected chi connectivity index (χ2v) is 8.28. The van der Waals surface area contributed by atoms with Gasteiger partial charge in [0, 0.05) is 16.8 Å². The third-order valence-electron chi connectivity index (χ3n) is 4.67. The van der Waals surface area contributed by atoms with E-state index in [4.69, 9.17) is 39.8 Å². The number of hydrogen-bond acceptors (Lipinski definition) is 4. The van der Waals surface area contributed by atoms with Crippen molar-refractivity contribution in [3.05, 3.63) is 81.3 Å². The van der Waals surface area contributed by atoms with Crippen molar-refractivity contribution in [2.45, 2.75) is 13.8 Å². The molecule has 0 spiro atoms. The molecule has 3 aromatic carbocycles. The van der Waals surface area contributed by atoms with E-state index in [2.05, 4.69) is 21.7 Å². The molecule has 0 atom stereocenters. The van der Waals surface area contributed by atoms with Crippen molar-refractivity contribution in [2.75, 3.05) is 5.32 Å². The van der Waals surface area contributed by atoms with Crippen molar-refractivity contribution in [1.82, 2.24) is 10.3 Å². The van der Waals surface area contributed by atoms with Crippen LogP contribution in [0.3, 0.4) is 0 Å². The minimum Gasteiger partial charge on any atom is -0.436 e. The molecule has 2 N–H and O–H groups in total. The van der Waals surface area contributed by atoms with Gasteiger partial charge in [0.2, 0.25) is 5.89 Å². The minimum atomic E-state index is -0.393. The predicted molar refractivity (Wildman–Crippen MR) is 129 cm³/mol. The van der Waals surface area contributed by atoms with E-state index >= 15 is 0 Å². The second-order valence-electron chi connectivity index (χ2n) is 7.06. The summed E-state index contributed by atoms with van der Waals surface area (Å²) in [5, 5.41) is 6.42. The third kappa shape index (κ3) is 4.71. The first-order valence-corrected chi connectivity index (χ1v) is 10.5. The van der Waals surface area contributed by atoms with Gasteiger partial charge < -0.3 is 9.73 Å². The van der Waals surface area contributed by atoms with Gasteiger partial charge in [0.1, 0.15) is 5.52 Å². The van der Waals surface area contributed by atoms with Gasteiger partial charge in [0.25, 0.3) is 5.91 Å². The molecule has 8 heteroatoms.